The van der Waals surface area contributed by atoms with Gasteiger partial charge in [0.2, 0.25) is 5.91 Å². The van der Waals surface area contributed by atoms with Crippen molar-refractivity contribution in [3.05, 3.63) is 82.6 Å². The molecule has 8 heteroatoms. The lowest BCUT2D eigenvalue weighted by atomic mass is 10.1. The molecule has 0 spiro atoms. The van der Waals surface area contributed by atoms with E-state index in [1.807, 2.05) is 28.8 Å². The fraction of sp³-hybridized carbons (Fsp3) is 0.150. The summed E-state index contributed by atoms with van der Waals surface area (Å²) < 4.78 is 1.96. The molecule has 5 nitrogen and oxygen atoms in total. The highest BCUT2D eigenvalue weighted by Gasteiger charge is 2.14. The van der Waals surface area contributed by atoms with Crippen LogP contribution in [0.15, 0.2) is 66.3 Å². The molecule has 0 atom stereocenters. The number of rotatable bonds is 8. The number of thioether (sulfide) groups is 1. The summed E-state index contributed by atoms with van der Waals surface area (Å²) in [7, 11) is 0. The topological polar surface area (TPSA) is 59.8 Å². The Hall–Kier alpha value is -2.28. The van der Waals surface area contributed by atoms with Crippen molar-refractivity contribution in [3.63, 3.8) is 0 Å². The van der Waals surface area contributed by atoms with E-state index in [4.69, 9.17) is 23.2 Å². The molecular formula is C20H18Cl2N4OS. The van der Waals surface area contributed by atoms with E-state index in [0.29, 0.717) is 33.9 Å². The van der Waals surface area contributed by atoms with E-state index in [9.17, 15) is 4.79 Å². The van der Waals surface area contributed by atoms with Crippen molar-refractivity contribution in [3.8, 4) is 0 Å². The number of hydrogen-bond donors (Lipinski definition) is 1. The first kappa shape index (κ1) is 20.5. The molecule has 1 heterocycles. The maximum atomic E-state index is 12.2. The lowest BCUT2D eigenvalue weighted by Crippen LogP contribution is -2.14. The molecule has 0 aliphatic rings. The Morgan fingerprint density at radius 2 is 1.93 bits per heavy atom. The Morgan fingerprint density at radius 3 is 2.64 bits per heavy atom. The average Bonchev–Trinajstić information content (AvgIpc) is 3.04. The van der Waals surface area contributed by atoms with Crippen LogP contribution >= 0.6 is 35.0 Å². The standard InChI is InChI=1S/C20H18Cl2N4OS/c1-2-10-26-18(11-14-6-8-15(21)9-7-14)24-25-20(26)28-13-19(27)23-17-5-3-4-16(22)12-17/h2-9,12H,1,10-11,13H2,(H,23,27). The fourth-order valence-electron chi connectivity index (χ4n) is 2.55. The molecule has 0 saturated heterocycles. The lowest BCUT2D eigenvalue weighted by Gasteiger charge is -2.08. The molecule has 0 saturated carbocycles. The van der Waals surface area contributed by atoms with E-state index in [1.165, 1.54) is 11.8 Å². The minimum Gasteiger partial charge on any atom is -0.325 e. The van der Waals surface area contributed by atoms with E-state index in [2.05, 4.69) is 22.1 Å². The predicted octanol–water partition coefficient (Wildman–Crippen LogP) is 5.09. The average molecular weight is 433 g/mol. The summed E-state index contributed by atoms with van der Waals surface area (Å²) in [4.78, 5) is 12.2. The van der Waals surface area contributed by atoms with Crippen LogP contribution in [-0.4, -0.2) is 26.4 Å². The molecule has 28 heavy (non-hydrogen) atoms. The lowest BCUT2D eigenvalue weighted by molar-refractivity contribution is -0.113. The third-order valence-corrected chi connectivity index (χ3v) is 5.28. The van der Waals surface area contributed by atoms with Gasteiger partial charge in [-0.25, -0.2) is 0 Å². The summed E-state index contributed by atoms with van der Waals surface area (Å²) in [6.45, 7) is 4.36. The summed E-state index contributed by atoms with van der Waals surface area (Å²) in [5, 5.41) is 13.3. The number of anilines is 1. The van der Waals surface area contributed by atoms with Crippen LogP contribution in [0.2, 0.25) is 10.0 Å². The molecule has 0 aliphatic carbocycles. The molecule has 3 rings (SSSR count). The first-order chi connectivity index (χ1) is 13.5. The third kappa shape index (κ3) is 5.61. The van der Waals surface area contributed by atoms with Crippen molar-refractivity contribution in [2.45, 2.75) is 18.1 Å². The van der Waals surface area contributed by atoms with E-state index in [1.54, 1.807) is 30.3 Å². The zero-order chi connectivity index (χ0) is 19.9. The van der Waals surface area contributed by atoms with Gasteiger partial charge >= 0.3 is 0 Å². The molecule has 1 N–H and O–H groups in total. The number of carbonyl (C=O) groups is 1. The molecule has 3 aromatic rings. The quantitative estimate of drug-likeness (QED) is 0.397. The van der Waals surface area contributed by atoms with Crippen LogP contribution < -0.4 is 5.32 Å². The summed E-state index contributed by atoms with van der Waals surface area (Å²) in [5.41, 5.74) is 1.74. The molecule has 144 valence electrons. The first-order valence-corrected chi connectivity index (χ1v) is 10.2. The van der Waals surface area contributed by atoms with Gasteiger partial charge in [0.25, 0.3) is 0 Å². The van der Waals surface area contributed by atoms with Gasteiger partial charge in [-0.1, -0.05) is 59.2 Å². The second kappa shape index (κ2) is 9.78. The number of amides is 1. The highest BCUT2D eigenvalue weighted by atomic mass is 35.5. The van der Waals surface area contributed by atoms with Crippen LogP contribution in [0.1, 0.15) is 11.4 Å². The van der Waals surface area contributed by atoms with E-state index in [0.717, 1.165) is 11.4 Å². The van der Waals surface area contributed by atoms with Crippen molar-refractivity contribution >= 4 is 46.6 Å². The van der Waals surface area contributed by atoms with Gasteiger partial charge in [-0.2, -0.15) is 0 Å². The number of nitrogens with one attached hydrogen (secondary N) is 1. The van der Waals surface area contributed by atoms with Crippen LogP contribution in [0.3, 0.4) is 0 Å². The minimum atomic E-state index is -0.139. The van der Waals surface area contributed by atoms with Crippen LogP contribution in [-0.2, 0) is 17.8 Å². The van der Waals surface area contributed by atoms with Crippen LogP contribution in [0, 0.1) is 0 Å². The van der Waals surface area contributed by atoms with Gasteiger partial charge in [-0.15, -0.1) is 16.8 Å². The zero-order valence-electron chi connectivity index (χ0n) is 14.9. The Bertz CT molecular complexity index is 973. The summed E-state index contributed by atoms with van der Waals surface area (Å²) >= 11 is 13.2. The summed E-state index contributed by atoms with van der Waals surface area (Å²) in [6, 6.07) is 14.6. The number of nitrogens with zero attached hydrogens (tertiary/aromatic N) is 3. The molecule has 1 amide bonds. The van der Waals surface area contributed by atoms with Crippen molar-refractivity contribution in [1.82, 2.24) is 14.8 Å². The Labute approximate surface area is 177 Å². The molecule has 0 aliphatic heterocycles. The number of halogens is 2. The molecule has 0 fully saturated rings. The second-order valence-electron chi connectivity index (χ2n) is 5.95. The van der Waals surface area contributed by atoms with Gasteiger partial charge in [0.1, 0.15) is 5.82 Å². The smallest absolute Gasteiger partial charge is 0.234 e. The van der Waals surface area contributed by atoms with Crippen molar-refractivity contribution < 1.29 is 4.79 Å². The van der Waals surface area contributed by atoms with Crippen molar-refractivity contribution in [2.24, 2.45) is 0 Å². The summed E-state index contributed by atoms with van der Waals surface area (Å²) in [5.74, 6) is 0.877. The number of aromatic nitrogens is 3. The highest BCUT2D eigenvalue weighted by Crippen LogP contribution is 2.21. The van der Waals surface area contributed by atoms with Crippen molar-refractivity contribution in [2.75, 3.05) is 11.1 Å². The van der Waals surface area contributed by atoms with Crippen molar-refractivity contribution in [1.29, 1.82) is 0 Å². The van der Waals surface area contributed by atoms with Crippen LogP contribution in [0.25, 0.3) is 0 Å². The van der Waals surface area contributed by atoms with E-state index >= 15 is 0 Å². The fourth-order valence-corrected chi connectivity index (χ4v) is 3.63. The number of hydrogen-bond acceptors (Lipinski definition) is 4. The van der Waals surface area contributed by atoms with Gasteiger partial charge in [0.15, 0.2) is 5.16 Å². The zero-order valence-corrected chi connectivity index (χ0v) is 17.3. The highest BCUT2D eigenvalue weighted by molar-refractivity contribution is 7.99. The SMILES string of the molecule is C=CCn1c(Cc2ccc(Cl)cc2)nnc1SCC(=O)Nc1cccc(Cl)c1. The number of allylic oxidation sites excluding steroid dienone is 1. The van der Waals surface area contributed by atoms with Gasteiger partial charge in [-0.3, -0.25) is 4.79 Å². The minimum absolute atomic E-state index is 0.139. The Morgan fingerprint density at radius 1 is 1.14 bits per heavy atom. The molecule has 1 aromatic heterocycles. The molecule has 2 aromatic carbocycles. The second-order valence-corrected chi connectivity index (χ2v) is 7.76. The number of carbonyl (C=O) groups excluding carboxylic acids is 1. The maximum absolute atomic E-state index is 12.2. The van der Waals surface area contributed by atoms with Gasteiger partial charge in [0.05, 0.1) is 5.75 Å². The Kier molecular flexibility index (Phi) is 7.14. The van der Waals surface area contributed by atoms with E-state index in [-0.39, 0.29) is 11.7 Å². The first-order valence-electron chi connectivity index (χ1n) is 8.51. The normalized spacial score (nSPS) is 10.6. The maximum Gasteiger partial charge on any atom is 0.234 e. The van der Waals surface area contributed by atoms with E-state index < -0.39 is 0 Å². The largest absolute Gasteiger partial charge is 0.325 e. The molecular weight excluding hydrogens is 415 g/mol. The monoisotopic (exact) mass is 432 g/mol. The molecule has 0 unspecified atom stereocenters. The summed E-state index contributed by atoms with van der Waals surface area (Å²) in [6.07, 6.45) is 2.40. The van der Waals surface area contributed by atoms with Gasteiger partial charge < -0.3 is 9.88 Å². The molecule has 0 bridgehead atoms. The third-order valence-electron chi connectivity index (χ3n) is 3.82. The van der Waals surface area contributed by atoms with Crippen LogP contribution in [0.4, 0.5) is 5.69 Å². The van der Waals surface area contributed by atoms with Crippen LogP contribution in [0.5, 0.6) is 0 Å². The Balaban J connectivity index is 1.66. The molecule has 0 radical (unpaired) electrons. The van der Waals surface area contributed by atoms with Gasteiger partial charge in [0, 0.05) is 28.7 Å². The predicted molar refractivity (Wildman–Crippen MR) is 115 cm³/mol. The number of benzene rings is 2. The van der Waals surface area contributed by atoms with Gasteiger partial charge in [-0.05, 0) is 35.9 Å².